The maximum atomic E-state index is 9.44. The van der Waals surface area contributed by atoms with Crippen LogP contribution in [0.2, 0.25) is 0 Å². The molecule has 2 atom stereocenters. The van der Waals surface area contributed by atoms with Crippen molar-refractivity contribution < 1.29 is 5.11 Å². The molecule has 1 aliphatic carbocycles. The van der Waals surface area contributed by atoms with Crippen molar-refractivity contribution in [2.24, 2.45) is 5.92 Å². The van der Waals surface area contributed by atoms with Crippen LogP contribution in [0.3, 0.4) is 0 Å². The maximum absolute atomic E-state index is 9.44. The van der Waals surface area contributed by atoms with Crippen LogP contribution in [0.25, 0.3) is 10.9 Å². The predicted octanol–water partition coefficient (Wildman–Crippen LogP) is 2.24. The van der Waals surface area contributed by atoms with Gasteiger partial charge in [-0.1, -0.05) is 18.6 Å². The van der Waals surface area contributed by atoms with E-state index in [2.05, 4.69) is 20.6 Å². The highest BCUT2D eigenvalue weighted by Gasteiger charge is 2.27. The first-order valence-corrected chi connectivity index (χ1v) is 7.13. The summed E-state index contributed by atoms with van der Waals surface area (Å²) in [4.78, 5) is 8.99. The third-order valence-corrected chi connectivity index (χ3v) is 4.04. The van der Waals surface area contributed by atoms with Gasteiger partial charge in [0.2, 0.25) is 5.95 Å². The maximum Gasteiger partial charge on any atom is 0.224 e. The summed E-state index contributed by atoms with van der Waals surface area (Å²) in [5.74, 6) is 1.79. The number of rotatable bonds is 4. The highest BCUT2D eigenvalue weighted by atomic mass is 16.3. The Morgan fingerprint density at radius 1 is 1.25 bits per heavy atom. The van der Waals surface area contributed by atoms with Crippen molar-refractivity contribution in [1.82, 2.24) is 9.97 Å². The van der Waals surface area contributed by atoms with Gasteiger partial charge >= 0.3 is 0 Å². The van der Waals surface area contributed by atoms with Gasteiger partial charge in [-0.3, -0.25) is 0 Å². The van der Waals surface area contributed by atoms with Gasteiger partial charge < -0.3 is 15.7 Å². The molecule has 1 fully saturated rings. The Morgan fingerprint density at radius 3 is 2.90 bits per heavy atom. The van der Waals surface area contributed by atoms with E-state index in [1.807, 2.05) is 31.3 Å². The normalized spacial score (nSPS) is 22.1. The number of para-hydroxylation sites is 1. The number of nitrogens with zero attached hydrogens (tertiary/aromatic N) is 2. The smallest absolute Gasteiger partial charge is 0.224 e. The van der Waals surface area contributed by atoms with Crippen molar-refractivity contribution in [3.05, 3.63) is 24.3 Å². The van der Waals surface area contributed by atoms with Crippen molar-refractivity contribution in [3.63, 3.8) is 0 Å². The first-order chi connectivity index (χ1) is 9.81. The highest BCUT2D eigenvalue weighted by molar-refractivity contribution is 5.90. The number of aliphatic hydroxyl groups excluding tert-OH is 1. The first-order valence-electron chi connectivity index (χ1n) is 7.13. The third-order valence-electron chi connectivity index (χ3n) is 4.04. The molecule has 1 saturated carbocycles. The molecule has 0 saturated heterocycles. The van der Waals surface area contributed by atoms with E-state index in [0.29, 0.717) is 17.9 Å². The SMILES string of the molecule is CNc1nc(NC2CCCC2CO)c2ccccc2n1. The third kappa shape index (κ3) is 2.41. The van der Waals surface area contributed by atoms with Gasteiger partial charge in [-0.05, 0) is 25.0 Å². The van der Waals surface area contributed by atoms with E-state index in [9.17, 15) is 5.11 Å². The Balaban J connectivity index is 1.97. The summed E-state index contributed by atoms with van der Waals surface area (Å²) in [5, 5.41) is 17.0. The van der Waals surface area contributed by atoms with Crippen LogP contribution in [0.1, 0.15) is 19.3 Å². The zero-order chi connectivity index (χ0) is 13.9. The minimum Gasteiger partial charge on any atom is -0.396 e. The van der Waals surface area contributed by atoms with Crippen LogP contribution in [-0.2, 0) is 0 Å². The fourth-order valence-corrected chi connectivity index (χ4v) is 2.92. The van der Waals surface area contributed by atoms with Crippen molar-refractivity contribution >= 4 is 22.7 Å². The van der Waals surface area contributed by atoms with Crippen LogP contribution in [0.15, 0.2) is 24.3 Å². The van der Waals surface area contributed by atoms with Gasteiger partial charge in [0.05, 0.1) is 5.52 Å². The molecule has 2 unspecified atom stereocenters. The summed E-state index contributed by atoms with van der Waals surface area (Å²) in [6.45, 7) is 0.236. The number of anilines is 2. The zero-order valence-corrected chi connectivity index (χ0v) is 11.6. The number of benzene rings is 1. The van der Waals surface area contributed by atoms with Gasteiger partial charge in [-0.2, -0.15) is 4.98 Å². The molecule has 0 spiro atoms. The van der Waals surface area contributed by atoms with E-state index < -0.39 is 0 Å². The van der Waals surface area contributed by atoms with Crippen LogP contribution in [0, 0.1) is 5.92 Å². The van der Waals surface area contributed by atoms with Crippen molar-refractivity contribution in [1.29, 1.82) is 0 Å². The van der Waals surface area contributed by atoms with E-state index in [0.717, 1.165) is 36.0 Å². The van der Waals surface area contributed by atoms with E-state index in [4.69, 9.17) is 0 Å². The number of hydrogen-bond acceptors (Lipinski definition) is 5. The summed E-state index contributed by atoms with van der Waals surface area (Å²) in [6.07, 6.45) is 3.32. The molecule has 0 amide bonds. The largest absolute Gasteiger partial charge is 0.396 e. The number of fused-ring (bicyclic) bond motifs is 1. The summed E-state index contributed by atoms with van der Waals surface area (Å²) in [6, 6.07) is 8.28. The molecule has 5 heteroatoms. The summed E-state index contributed by atoms with van der Waals surface area (Å²) in [7, 11) is 1.82. The van der Waals surface area contributed by atoms with Gasteiger partial charge in [0, 0.05) is 31.0 Å². The van der Waals surface area contributed by atoms with Crippen LogP contribution in [-0.4, -0.2) is 34.8 Å². The molecule has 1 aromatic carbocycles. The highest BCUT2D eigenvalue weighted by Crippen LogP contribution is 2.30. The van der Waals surface area contributed by atoms with Crippen LogP contribution in [0.5, 0.6) is 0 Å². The second-order valence-electron chi connectivity index (χ2n) is 5.29. The summed E-state index contributed by atoms with van der Waals surface area (Å²) in [5.41, 5.74) is 0.924. The molecule has 3 N–H and O–H groups in total. The van der Waals surface area contributed by atoms with Crippen LogP contribution in [0.4, 0.5) is 11.8 Å². The zero-order valence-electron chi connectivity index (χ0n) is 11.6. The average molecular weight is 272 g/mol. The molecule has 0 radical (unpaired) electrons. The lowest BCUT2D eigenvalue weighted by atomic mass is 10.0. The number of aliphatic hydroxyl groups is 1. The standard InChI is InChI=1S/C15H20N4O/c1-16-15-18-13-7-3-2-6-11(13)14(19-15)17-12-8-4-5-10(12)9-20/h2-3,6-7,10,12,20H,4-5,8-9H2,1H3,(H2,16,17,18,19). The Bertz CT molecular complexity index is 601. The van der Waals surface area contributed by atoms with Crippen molar-refractivity contribution in [3.8, 4) is 0 Å². The average Bonchev–Trinajstić information content (AvgIpc) is 2.94. The molecule has 2 aromatic rings. The van der Waals surface area contributed by atoms with Gasteiger partial charge in [-0.25, -0.2) is 4.98 Å². The molecule has 5 nitrogen and oxygen atoms in total. The lowest BCUT2D eigenvalue weighted by molar-refractivity contribution is 0.222. The quantitative estimate of drug-likeness (QED) is 0.796. The molecule has 3 rings (SSSR count). The Kier molecular flexibility index (Phi) is 3.69. The van der Waals surface area contributed by atoms with Crippen LogP contribution < -0.4 is 10.6 Å². The molecular formula is C15H20N4O. The molecule has 0 bridgehead atoms. The lowest BCUT2D eigenvalue weighted by Crippen LogP contribution is -2.27. The molecule has 1 aromatic heterocycles. The molecule has 0 aliphatic heterocycles. The number of hydrogen-bond donors (Lipinski definition) is 3. The van der Waals surface area contributed by atoms with E-state index in [1.54, 1.807) is 0 Å². The van der Waals surface area contributed by atoms with Gasteiger partial charge in [0.1, 0.15) is 5.82 Å². The van der Waals surface area contributed by atoms with Gasteiger partial charge in [0.15, 0.2) is 0 Å². The minimum absolute atomic E-state index is 0.236. The number of nitrogens with one attached hydrogen (secondary N) is 2. The second kappa shape index (κ2) is 5.63. The molecule has 20 heavy (non-hydrogen) atoms. The fraction of sp³-hybridized carbons (Fsp3) is 0.467. The lowest BCUT2D eigenvalue weighted by Gasteiger charge is -2.20. The van der Waals surface area contributed by atoms with Gasteiger partial charge in [0.25, 0.3) is 0 Å². The van der Waals surface area contributed by atoms with Crippen LogP contribution >= 0.6 is 0 Å². The number of aromatic nitrogens is 2. The Labute approximate surface area is 118 Å². The first kappa shape index (κ1) is 13.1. The molecule has 106 valence electrons. The summed E-state index contributed by atoms with van der Waals surface area (Å²) >= 11 is 0. The molecular weight excluding hydrogens is 252 g/mol. The van der Waals surface area contributed by atoms with Crippen molar-refractivity contribution in [2.45, 2.75) is 25.3 Å². The van der Waals surface area contributed by atoms with E-state index in [-0.39, 0.29) is 6.61 Å². The Hall–Kier alpha value is -1.88. The Morgan fingerprint density at radius 2 is 2.10 bits per heavy atom. The molecule has 1 aliphatic rings. The predicted molar refractivity (Wildman–Crippen MR) is 80.9 cm³/mol. The monoisotopic (exact) mass is 272 g/mol. The van der Waals surface area contributed by atoms with Gasteiger partial charge in [-0.15, -0.1) is 0 Å². The van der Waals surface area contributed by atoms with E-state index in [1.165, 1.54) is 0 Å². The second-order valence-corrected chi connectivity index (χ2v) is 5.29. The van der Waals surface area contributed by atoms with Crippen molar-refractivity contribution in [2.75, 3.05) is 24.3 Å². The van der Waals surface area contributed by atoms with E-state index >= 15 is 0 Å². The summed E-state index contributed by atoms with van der Waals surface area (Å²) < 4.78 is 0. The topological polar surface area (TPSA) is 70.1 Å². The minimum atomic E-state index is 0.236. The molecule has 1 heterocycles. The fourth-order valence-electron chi connectivity index (χ4n) is 2.92.